The second-order valence-electron chi connectivity index (χ2n) is 7.91. The Morgan fingerprint density at radius 3 is 2.91 bits per heavy atom. The fourth-order valence-electron chi connectivity index (χ4n) is 3.91. The van der Waals surface area contributed by atoms with Crippen LogP contribution < -0.4 is 15.0 Å². The quantitative estimate of drug-likeness (QED) is 0.333. The van der Waals surface area contributed by atoms with Crippen molar-refractivity contribution < 1.29 is 13.9 Å². The number of aromatic nitrogens is 4. The van der Waals surface area contributed by atoms with Gasteiger partial charge in [-0.3, -0.25) is 9.36 Å². The minimum atomic E-state index is -0.138. The van der Waals surface area contributed by atoms with Crippen LogP contribution >= 0.6 is 23.1 Å². The number of rotatable bonds is 9. The summed E-state index contributed by atoms with van der Waals surface area (Å²) in [7, 11) is 0. The molecule has 0 spiro atoms. The maximum absolute atomic E-state index is 12.7. The smallest absolute Gasteiger partial charge is 0.236 e. The van der Waals surface area contributed by atoms with Gasteiger partial charge < -0.3 is 19.4 Å². The summed E-state index contributed by atoms with van der Waals surface area (Å²) in [5.74, 6) is 2.52. The molecule has 9 nitrogen and oxygen atoms in total. The van der Waals surface area contributed by atoms with Crippen LogP contribution in [0.4, 0.5) is 11.1 Å². The average Bonchev–Trinajstić information content (AvgIpc) is 3.59. The van der Waals surface area contributed by atoms with Gasteiger partial charge in [-0.2, -0.15) is 0 Å². The molecule has 3 aromatic heterocycles. The van der Waals surface area contributed by atoms with Crippen molar-refractivity contribution in [3.05, 3.63) is 42.4 Å². The van der Waals surface area contributed by atoms with Gasteiger partial charge in [-0.05, 0) is 56.5 Å². The molecular formula is C23H26N6O3S2. The highest BCUT2D eigenvalue weighted by Gasteiger charge is 2.22. The Bertz CT molecular complexity index is 1250. The predicted octanol–water partition coefficient (Wildman–Crippen LogP) is 4.65. The van der Waals surface area contributed by atoms with E-state index < -0.39 is 0 Å². The van der Waals surface area contributed by atoms with Crippen molar-refractivity contribution in [3.8, 4) is 5.75 Å². The van der Waals surface area contributed by atoms with E-state index >= 15 is 0 Å². The summed E-state index contributed by atoms with van der Waals surface area (Å²) in [6, 6.07) is 9.54. The summed E-state index contributed by atoms with van der Waals surface area (Å²) in [6.07, 6.45) is 5.19. The molecule has 5 rings (SSSR count). The van der Waals surface area contributed by atoms with Gasteiger partial charge in [0.15, 0.2) is 10.3 Å². The Morgan fingerprint density at radius 2 is 2.12 bits per heavy atom. The molecule has 4 heterocycles. The van der Waals surface area contributed by atoms with Crippen molar-refractivity contribution in [3.63, 3.8) is 0 Å². The Morgan fingerprint density at radius 1 is 1.24 bits per heavy atom. The van der Waals surface area contributed by atoms with Crippen LogP contribution in [0.25, 0.3) is 10.2 Å². The molecule has 0 bridgehead atoms. The first-order valence-corrected chi connectivity index (χ1v) is 13.2. The minimum absolute atomic E-state index is 0.138. The number of benzene rings is 1. The lowest BCUT2D eigenvalue weighted by atomic mass is 10.1. The van der Waals surface area contributed by atoms with Gasteiger partial charge in [-0.25, -0.2) is 4.98 Å². The monoisotopic (exact) mass is 498 g/mol. The highest BCUT2D eigenvalue weighted by molar-refractivity contribution is 7.99. The van der Waals surface area contributed by atoms with E-state index in [1.807, 2.05) is 41.8 Å². The summed E-state index contributed by atoms with van der Waals surface area (Å²) in [6.45, 7) is 5.00. The summed E-state index contributed by atoms with van der Waals surface area (Å²) in [5.41, 5.74) is 0.834. The SMILES string of the molecule is CCOc1ccc2nc(NC(=O)CSc3nnc(N4CCCCC4)n3Cc3ccco3)sc2c1. The zero-order valence-corrected chi connectivity index (χ0v) is 20.5. The molecular weight excluding hydrogens is 472 g/mol. The van der Waals surface area contributed by atoms with Gasteiger partial charge in [-0.15, -0.1) is 10.2 Å². The molecule has 178 valence electrons. The van der Waals surface area contributed by atoms with Crippen LogP contribution in [0.2, 0.25) is 0 Å². The molecule has 1 aliphatic rings. The molecule has 34 heavy (non-hydrogen) atoms. The highest BCUT2D eigenvalue weighted by Crippen LogP contribution is 2.30. The fourth-order valence-corrected chi connectivity index (χ4v) is 5.56. The number of carbonyl (C=O) groups is 1. The number of fused-ring (bicyclic) bond motifs is 1. The van der Waals surface area contributed by atoms with E-state index in [1.54, 1.807) is 6.26 Å². The lowest BCUT2D eigenvalue weighted by Gasteiger charge is -2.27. The number of thioether (sulfide) groups is 1. The van der Waals surface area contributed by atoms with E-state index in [2.05, 4.69) is 25.4 Å². The molecule has 1 aliphatic heterocycles. The summed E-state index contributed by atoms with van der Waals surface area (Å²) in [5, 5.41) is 13.0. The molecule has 0 radical (unpaired) electrons. The van der Waals surface area contributed by atoms with E-state index in [0.717, 1.165) is 53.6 Å². The number of nitrogens with one attached hydrogen (secondary N) is 1. The van der Waals surface area contributed by atoms with E-state index in [-0.39, 0.29) is 11.7 Å². The number of hydrogen-bond acceptors (Lipinski definition) is 9. The molecule has 1 fully saturated rings. The molecule has 0 saturated carbocycles. The predicted molar refractivity (Wildman–Crippen MR) is 134 cm³/mol. The molecule has 1 amide bonds. The molecule has 1 saturated heterocycles. The summed E-state index contributed by atoms with van der Waals surface area (Å²) < 4.78 is 14.1. The minimum Gasteiger partial charge on any atom is -0.494 e. The molecule has 1 N–H and O–H groups in total. The second-order valence-corrected chi connectivity index (χ2v) is 9.89. The lowest BCUT2D eigenvalue weighted by Crippen LogP contribution is -2.32. The van der Waals surface area contributed by atoms with Crippen molar-refractivity contribution >= 4 is 50.3 Å². The van der Waals surface area contributed by atoms with Crippen molar-refractivity contribution in [2.45, 2.75) is 37.9 Å². The largest absolute Gasteiger partial charge is 0.494 e. The first-order valence-electron chi connectivity index (χ1n) is 11.4. The Labute approximate surface area is 205 Å². The third-order valence-corrected chi connectivity index (χ3v) is 7.38. The zero-order chi connectivity index (χ0) is 23.3. The van der Waals surface area contributed by atoms with Crippen LogP contribution in [-0.2, 0) is 11.3 Å². The standard InChI is InChI=1S/C23H26N6O3S2/c1-2-31-16-8-9-18-19(13-16)34-21(24-18)25-20(30)15-33-23-27-26-22(28-10-4-3-5-11-28)29(23)14-17-7-6-12-32-17/h6-9,12-13H,2-5,10-11,14-15H2,1H3,(H,24,25,30). The van der Waals surface area contributed by atoms with Crippen LogP contribution in [0.15, 0.2) is 46.2 Å². The number of amides is 1. The maximum atomic E-state index is 12.7. The van der Waals surface area contributed by atoms with Crippen LogP contribution in [0.1, 0.15) is 31.9 Å². The summed E-state index contributed by atoms with van der Waals surface area (Å²) in [4.78, 5) is 19.5. The second kappa shape index (κ2) is 10.5. The Hall–Kier alpha value is -3.05. The zero-order valence-electron chi connectivity index (χ0n) is 18.9. The number of carbonyl (C=O) groups excluding carboxylic acids is 1. The van der Waals surface area contributed by atoms with Gasteiger partial charge in [0.25, 0.3) is 0 Å². The molecule has 4 aromatic rings. The molecule has 0 unspecified atom stereocenters. The maximum Gasteiger partial charge on any atom is 0.236 e. The first kappa shape index (κ1) is 22.7. The highest BCUT2D eigenvalue weighted by atomic mass is 32.2. The number of furan rings is 1. The van der Waals surface area contributed by atoms with Crippen molar-refractivity contribution in [2.75, 3.05) is 35.7 Å². The number of ether oxygens (including phenoxy) is 1. The number of nitrogens with zero attached hydrogens (tertiary/aromatic N) is 5. The Kier molecular flexibility index (Phi) is 7.00. The van der Waals surface area contributed by atoms with E-state index in [1.165, 1.54) is 29.5 Å². The molecule has 0 aliphatic carbocycles. The van der Waals surface area contributed by atoms with Gasteiger partial charge in [0, 0.05) is 13.1 Å². The van der Waals surface area contributed by atoms with Crippen LogP contribution in [0, 0.1) is 0 Å². The number of anilines is 2. The first-order chi connectivity index (χ1) is 16.7. The molecule has 11 heteroatoms. The molecule has 1 aromatic carbocycles. The normalized spacial score (nSPS) is 14.0. The van der Waals surface area contributed by atoms with Gasteiger partial charge in [0.1, 0.15) is 11.5 Å². The third kappa shape index (κ3) is 5.20. The van der Waals surface area contributed by atoms with Gasteiger partial charge in [-0.1, -0.05) is 23.1 Å². The van der Waals surface area contributed by atoms with Crippen LogP contribution in [0.3, 0.4) is 0 Å². The number of piperidine rings is 1. The lowest BCUT2D eigenvalue weighted by molar-refractivity contribution is -0.113. The number of hydrogen-bond donors (Lipinski definition) is 1. The number of thiazole rings is 1. The molecule has 0 atom stereocenters. The topological polar surface area (TPSA) is 98.3 Å². The van der Waals surface area contributed by atoms with Crippen molar-refractivity contribution in [2.24, 2.45) is 0 Å². The van der Waals surface area contributed by atoms with E-state index in [9.17, 15) is 4.79 Å². The van der Waals surface area contributed by atoms with Gasteiger partial charge in [0.05, 0.1) is 35.4 Å². The van der Waals surface area contributed by atoms with Crippen molar-refractivity contribution in [1.29, 1.82) is 0 Å². The van der Waals surface area contributed by atoms with Gasteiger partial charge in [0.2, 0.25) is 11.9 Å². The van der Waals surface area contributed by atoms with Crippen molar-refractivity contribution in [1.82, 2.24) is 19.7 Å². The van der Waals surface area contributed by atoms with Crippen LogP contribution in [0.5, 0.6) is 5.75 Å². The average molecular weight is 499 g/mol. The van der Waals surface area contributed by atoms with Gasteiger partial charge >= 0.3 is 0 Å². The third-order valence-electron chi connectivity index (χ3n) is 5.48. The van der Waals surface area contributed by atoms with Crippen LogP contribution in [-0.4, -0.2) is 51.1 Å². The van der Waals surface area contributed by atoms with E-state index in [0.29, 0.717) is 23.4 Å². The summed E-state index contributed by atoms with van der Waals surface area (Å²) >= 11 is 2.79. The van der Waals surface area contributed by atoms with E-state index in [4.69, 9.17) is 9.15 Å². The Balaban J connectivity index is 1.27. The fraction of sp³-hybridized carbons (Fsp3) is 0.391.